The van der Waals surface area contributed by atoms with Gasteiger partial charge < -0.3 is 15.1 Å². The van der Waals surface area contributed by atoms with Crippen molar-refractivity contribution in [2.75, 3.05) is 17.2 Å². The van der Waals surface area contributed by atoms with Crippen LogP contribution in [0.1, 0.15) is 5.76 Å². The molecule has 88 valence electrons. The van der Waals surface area contributed by atoms with Crippen LogP contribution in [0.25, 0.3) is 0 Å². The number of nitrogens with zero attached hydrogens (tertiary/aromatic N) is 2. The minimum atomic E-state index is 0.565. The summed E-state index contributed by atoms with van der Waals surface area (Å²) >= 11 is 0. The highest BCUT2D eigenvalue weighted by Crippen LogP contribution is 2.07. The zero-order valence-electron chi connectivity index (χ0n) is 9.39. The molecule has 0 aliphatic carbocycles. The Labute approximate surface area is 99.6 Å². The van der Waals surface area contributed by atoms with E-state index in [-0.39, 0.29) is 0 Å². The molecule has 0 radical (unpaired) electrons. The smallest absolute Gasteiger partial charge is 0.224 e. The maximum atomic E-state index is 5.20. The Hall–Kier alpha value is -2.30. The van der Waals surface area contributed by atoms with Crippen LogP contribution < -0.4 is 10.6 Å². The lowest BCUT2D eigenvalue weighted by Crippen LogP contribution is -2.06. The number of furan rings is 1. The van der Waals surface area contributed by atoms with Gasteiger partial charge in [0.2, 0.25) is 5.95 Å². The first kappa shape index (κ1) is 11.2. The van der Waals surface area contributed by atoms with E-state index in [4.69, 9.17) is 4.42 Å². The number of aromatic nitrogens is 2. The molecule has 0 atom stereocenters. The third kappa shape index (κ3) is 3.34. The van der Waals surface area contributed by atoms with Crippen LogP contribution in [-0.2, 0) is 6.54 Å². The maximum Gasteiger partial charge on any atom is 0.224 e. The lowest BCUT2D eigenvalue weighted by atomic mass is 10.4. The molecule has 0 unspecified atom stereocenters. The Morgan fingerprint density at radius 2 is 2.29 bits per heavy atom. The summed E-state index contributed by atoms with van der Waals surface area (Å²) < 4.78 is 5.20. The van der Waals surface area contributed by atoms with Gasteiger partial charge in [-0.15, -0.1) is 6.58 Å². The van der Waals surface area contributed by atoms with Crippen molar-refractivity contribution in [3.05, 3.63) is 49.1 Å². The topological polar surface area (TPSA) is 63.0 Å². The first-order chi connectivity index (χ1) is 8.38. The molecule has 5 nitrogen and oxygen atoms in total. The summed E-state index contributed by atoms with van der Waals surface area (Å²) in [4.78, 5) is 8.40. The van der Waals surface area contributed by atoms with Crippen molar-refractivity contribution in [3.63, 3.8) is 0 Å². The third-order valence-corrected chi connectivity index (χ3v) is 2.08. The molecule has 0 aliphatic heterocycles. The van der Waals surface area contributed by atoms with E-state index in [9.17, 15) is 0 Å². The van der Waals surface area contributed by atoms with Gasteiger partial charge in [-0.2, -0.15) is 4.98 Å². The van der Waals surface area contributed by atoms with Gasteiger partial charge in [0.25, 0.3) is 0 Å². The van der Waals surface area contributed by atoms with E-state index >= 15 is 0 Å². The molecule has 2 N–H and O–H groups in total. The molecule has 2 aromatic heterocycles. The monoisotopic (exact) mass is 230 g/mol. The Morgan fingerprint density at radius 1 is 1.35 bits per heavy atom. The zero-order valence-corrected chi connectivity index (χ0v) is 9.39. The average molecular weight is 230 g/mol. The fourth-order valence-electron chi connectivity index (χ4n) is 1.30. The van der Waals surface area contributed by atoms with Gasteiger partial charge in [-0.3, -0.25) is 0 Å². The summed E-state index contributed by atoms with van der Waals surface area (Å²) in [5, 5.41) is 6.18. The molecule has 0 aliphatic rings. The SMILES string of the molecule is C=CCNc1ccnc(NCc2ccco2)n1. The molecule has 0 spiro atoms. The van der Waals surface area contributed by atoms with Gasteiger partial charge in [0.1, 0.15) is 11.6 Å². The van der Waals surface area contributed by atoms with Crippen LogP contribution in [0, 0.1) is 0 Å². The largest absolute Gasteiger partial charge is 0.467 e. The summed E-state index contributed by atoms with van der Waals surface area (Å²) in [6, 6.07) is 5.55. The van der Waals surface area contributed by atoms with E-state index in [1.165, 1.54) is 0 Å². The molecule has 2 aromatic rings. The van der Waals surface area contributed by atoms with Crippen LogP contribution in [0.3, 0.4) is 0 Å². The van der Waals surface area contributed by atoms with Gasteiger partial charge in [0.05, 0.1) is 12.8 Å². The maximum absolute atomic E-state index is 5.20. The molecule has 0 amide bonds. The number of nitrogens with one attached hydrogen (secondary N) is 2. The van der Waals surface area contributed by atoms with Crippen LogP contribution in [0.4, 0.5) is 11.8 Å². The summed E-state index contributed by atoms with van der Waals surface area (Å²) in [5.74, 6) is 2.18. The van der Waals surface area contributed by atoms with E-state index in [2.05, 4.69) is 27.2 Å². The highest BCUT2D eigenvalue weighted by Gasteiger charge is 1.99. The molecule has 2 heterocycles. The van der Waals surface area contributed by atoms with Crippen molar-refractivity contribution in [3.8, 4) is 0 Å². The Balaban J connectivity index is 1.93. The molecule has 5 heteroatoms. The van der Waals surface area contributed by atoms with E-state index in [1.54, 1.807) is 18.5 Å². The van der Waals surface area contributed by atoms with Gasteiger partial charge in [-0.05, 0) is 18.2 Å². The van der Waals surface area contributed by atoms with Crippen LogP contribution in [-0.4, -0.2) is 16.5 Å². The molecule has 0 saturated heterocycles. The molecule has 17 heavy (non-hydrogen) atoms. The summed E-state index contributed by atoms with van der Waals surface area (Å²) in [6.07, 6.45) is 5.11. The van der Waals surface area contributed by atoms with Gasteiger partial charge >= 0.3 is 0 Å². The normalized spacial score (nSPS) is 9.88. The molecular weight excluding hydrogens is 216 g/mol. The van der Waals surface area contributed by atoms with Crippen molar-refractivity contribution < 1.29 is 4.42 Å². The van der Waals surface area contributed by atoms with Crippen molar-refractivity contribution >= 4 is 11.8 Å². The minimum Gasteiger partial charge on any atom is -0.467 e. The highest BCUT2D eigenvalue weighted by atomic mass is 16.3. The fourth-order valence-corrected chi connectivity index (χ4v) is 1.30. The van der Waals surface area contributed by atoms with Crippen molar-refractivity contribution in [2.45, 2.75) is 6.54 Å². The lowest BCUT2D eigenvalue weighted by molar-refractivity contribution is 0.517. The van der Waals surface area contributed by atoms with E-state index in [0.29, 0.717) is 19.0 Å². The molecule has 0 bridgehead atoms. The van der Waals surface area contributed by atoms with E-state index < -0.39 is 0 Å². The van der Waals surface area contributed by atoms with Gasteiger partial charge in [0, 0.05) is 12.7 Å². The Kier molecular flexibility index (Phi) is 3.75. The molecule has 0 fully saturated rings. The molecule has 2 rings (SSSR count). The second kappa shape index (κ2) is 5.69. The highest BCUT2D eigenvalue weighted by molar-refractivity contribution is 5.39. The summed E-state index contributed by atoms with van der Waals surface area (Å²) in [6.45, 7) is 4.88. The number of hydrogen-bond donors (Lipinski definition) is 2. The first-order valence-corrected chi connectivity index (χ1v) is 5.32. The van der Waals surface area contributed by atoms with Gasteiger partial charge in [0.15, 0.2) is 0 Å². The molecule has 0 aromatic carbocycles. The Morgan fingerprint density at radius 3 is 3.06 bits per heavy atom. The molecular formula is C12H14N4O. The summed E-state index contributed by atoms with van der Waals surface area (Å²) in [7, 11) is 0. The van der Waals surface area contributed by atoms with Crippen LogP contribution in [0.2, 0.25) is 0 Å². The van der Waals surface area contributed by atoms with Crippen LogP contribution >= 0.6 is 0 Å². The summed E-state index contributed by atoms with van der Waals surface area (Å²) in [5.41, 5.74) is 0. The number of anilines is 2. The molecule has 0 saturated carbocycles. The standard InChI is InChI=1S/C12H14N4O/c1-2-6-13-11-5-7-14-12(16-11)15-9-10-4-3-8-17-10/h2-5,7-8H,1,6,9H2,(H2,13,14,15,16). The second-order valence-corrected chi connectivity index (χ2v) is 3.37. The quantitative estimate of drug-likeness (QED) is 0.745. The average Bonchev–Trinajstić information content (AvgIpc) is 2.87. The second-order valence-electron chi connectivity index (χ2n) is 3.37. The lowest BCUT2D eigenvalue weighted by Gasteiger charge is -2.05. The van der Waals surface area contributed by atoms with E-state index in [1.807, 2.05) is 18.2 Å². The first-order valence-electron chi connectivity index (χ1n) is 5.32. The van der Waals surface area contributed by atoms with E-state index in [0.717, 1.165) is 11.6 Å². The van der Waals surface area contributed by atoms with Crippen molar-refractivity contribution in [1.29, 1.82) is 0 Å². The van der Waals surface area contributed by atoms with Gasteiger partial charge in [-0.1, -0.05) is 6.08 Å². The van der Waals surface area contributed by atoms with Crippen molar-refractivity contribution in [1.82, 2.24) is 9.97 Å². The predicted octanol–water partition coefficient (Wildman–Crippen LogP) is 2.28. The number of hydrogen-bond acceptors (Lipinski definition) is 5. The third-order valence-electron chi connectivity index (χ3n) is 2.08. The van der Waals surface area contributed by atoms with Gasteiger partial charge in [-0.25, -0.2) is 4.98 Å². The predicted molar refractivity (Wildman–Crippen MR) is 66.8 cm³/mol. The Bertz CT molecular complexity index is 467. The minimum absolute atomic E-state index is 0.565. The zero-order chi connectivity index (χ0) is 11.9. The van der Waals surface area contributed by atoms with Crippen LogP contribution in [0.5, 0.6) is 0 Å². The van der Waals surface area contributed by atoms with Crippen LogP contribution in [0.15, 0.2) is 47.7 Å². The fraction of sp³-hybridized carbons (Fsp3) is 0.167. The van der Waals surface area contributed by atoms with Crippen molar-refractivity contribution in [2.24, 2.45) is 0 Å². The number of rotatable bonds is 6.